The van der Waals surface area contributed by atoms with Gasteiger partial charge in [0.1, 0.15) is 0 Å². The number of rotatable bonds is 9. The monoisotopic (exact) mass is 419 g/mol. The summed E-state index contributed by atoms with van der Waals surface area (Å²) in [5, 5.41) is 9.19. The molecule has 8 heteroatoms. The number of methoxy groups -OCH3 is 3. The van der Waals surface area contributed by atoms with Crippen molar-refractivity contribution in [3.63, 3.8) is 0 Å². The smallest absolute Gasteiger partial charge is 0.311 e. The number of carbonyl (C=O) groups excluding carboxylic acids is 1. The van der Waals surface area contributed by atoms with Crippen molar-refractivity contribution in [2.75, 3.05) is 27.9 Å². The molecule has 154 valence electrons. The van der Waals surface area contributed by atoms with Crippen LogP contribution in [0.2, 0.25) is 5.02 Å². The molecule has 2 aromatic rings. The lowest BCUT2D eigenvalue weighted by molar-refractivity contribution is -0.134. The zero-order valence-corrected chi connectivity index (χ0v) is 17.5. The van der Waals surface area contributed by atoms with E-state index in [1.165, 1.54) is 33.5 Å². The first-order valence-electron chi connectivity index (χ1n) is 8.83. The Labute approximate surface area is 174 Å². The number of nitrogens with zero attached hydrogens (tertiary/aromatic N) is 1. The molecule has 0 saturated carbocycles. The third kappa shape index (κ3) is 5.46. The van der Waals surface area contributed by atoms with Gasteiger partial charge in [0, 0.05) is 12.5 Å². The second-order valence-corrected chi connectivity index (χ2v) is 6.25. The van der Waals surface area contributed by atoms with Crippen molar-refractivity contribution >= 4 is 17.6 Å². The predicted octanol–water partition coefficient (Wildman–Crippen LogP) is 4.17. The maximum absolute atomic E-state index is 12.4. The van der Waals surface area contributed by atoms with E-state index in [2.05, 4.69) is 0 Å². The van der Waals surface area contributed by atoms with E-state index in [-0.39, 0.29) is 22.9 Å². The highest BCUT2D eigenvalue weighted by atomic mass is 35.5. The first kappa shape index (κ1) is 22.2. The average Bonchev–Trinajstić information content (AvgIpc) is 2.73. The van der Waals surface area contributed by atoms with Gasteiger partial charge in [-0.2, -0.15) is 5.26 Å². The highest BCUT2D eigenvalue weighted by molar-refractivity contribution is 6.32. The summed E-state index contributed by atoms with van der Waals surface area (Å²) in [5.41, 5.74) is 1.13. The van der Waals surface area contributed by atoms with E-state index in [1.54, 1.807) is 19.1 Å². The van der Waals surface area contributed by atoms with Crippen LogP contribution in [0.3, 0.4) is 0 Å². The van der Waals surface area contributed by atoms with Gasteiger partial charge < -0.3 is 23.7 Å². The molecule has 0 unspecified atom stereocenters. The minimum atomic E-state index is -0.494. The maximum Gasteiger partial charge on any atom is 0.311 e. The molecule has 0 aliphatic carbocycles. The number of aryl methyl sites for hydroxylation is 1. The highest BCUT2D eigenvalue weighted by Crippen LogP contribution is 2.39. The van der Waals surface area contributed by atoms with E-state index < -0.39 is 5.97 Å². The van der Waals surface area contributed by atoms with E-state index in [9.17, 15) is 4.79 Å². The molecular formula is C21H22ClNO6. The SMILES string of the molecule is CCOc1cc(C#N)cc(Cl)c1OC(=O)CCc1cc(OC)c(OC)c(OC)c1. The lowest BCUT2D eigenvalue weighted by Crippen LogP contribution is -2.11. The Bertz CT molecular complexity index is 897. The molecule has 0 saturated heterocycles. The molecule has 0 heterocycles. The maximum atomic E-state index is 12.4. The van der Waals surface area contributed by atoms with Crippen molar-refractivity contribution in [3.05, 3.63) is 40.4 Å². The molecule has 0 atom stereocenters. The fourth-order valence-electron chi connectivity index (χ4n) is 2.69. The molecule has 0 N–H and O–H groups in total. The molecule has 0 spiro atoms. The summed E-state index contributed by atoms with van der Waals surface area (Å²) < 4.78 is 26.8. The molecule has 0 radical (unpaired) electrons. The van der Waals surface area contributed by atoms with Gasteiger partial charge in [0.2, 0.25) is 5.75 Å². The molecular weight excluding hydrogens is 398 g/mol. The van der Waals surface area contributed by atoms with Crippen LogP contribution >= 0.6 is 11.6 Å². The van der Waals surface area contributed by atoms with Gasteiger partial charge in [0.05, 0.1) is 44.6 Å². The second-order valence-electron chi connectivity index (χ2n) is 5.84. The van der Waals surface area contributed by atoms with Gasteiger partial charge in [-0.3, -0.25) is 4.79 Å². The Kier molecular flexibility index (Phi) is 7.98. The largest absolute Gasteiger partial charge is 0.493 e. The van der Waals surface area contributed by atoms with E-state index in [0.717, 1.165) is 5.56 Å². The molecule has 2 aromatic carbocycles. The summed E-state index contributed by atoms with van der Waals surface area (Å²) >= 11 is 6.17. The number of nitriles is 1. The number of hydrogen-bond acceptors (Lipinski definition) is 7. The van der Waals surface area contributed by atoms with Crippen LogP contribution in [-0.2, 0) is 11.2 Å². The normalized spacial score (nSPS) is 10.1. The van der Waals surface area contributed by atoms with Crippen LogP contribution in [0, 0.1) is 11.3 Å². The number of esters is 1. The van der Waals surface area contributed by atoms with Gasteiger partial charge in [-0.1, -0.05) is 11.6 Å². The highest BCUT2D eigenvalue weighted by Gasteiger charge is 2.18. The van der Waals surface area contributed by atoms with Crippen LogP contribution in [0.1, 0.15) is 24.5 Å². The van der Waals surface area contributed by atoms with Crippen LogP contribution in [0.5, 0.6) is 28.7 Å². The van der Waals surface area contributed by atoms with Gasteiger partial charge >= 0.3 is 5.97 Å². The summed E-state index contributed by atoms with van der Waals surface area (Å²) in [6.45, 7) is 2.12. The molecule has 0 fully saturated rings. The molecule has 29 heavy (non-hydrogen) atoms. The predicted molar refractivity (Wildman–Crippen MR) is 107 cm³/mol. The summed E-state index contributed by atoms with van der Waals surface area (Å²) in [4.78, 5) is 12.4. The summed E-state index contributed by atoms with van der Waals surface area (Å²) in [6.07, 6.45) is 0.466. The van der Waals surface area contributed by atoms with E-state index in [0.29, 0.717) is 35.8 Å². The minimum Gasteiger partial charge on any atom is -0.493 e. The van der Waals surface area contributed by atoms with Crippen molar-refractivity contribution in [2.45, 2.75) is 19.8 Å². The molecule has 7 nitrogen and oxygen atoms in total. The van der Waals surface area contributed by atoms with Crippen molar-refractivity contribution < 1.29 is 28.5 Å². The Morgan fingerprint density at radius 1 is 1.00 bits per heavy atom. The van der Waals surface area contributed by atoms with Crippen LogP contribution in [0.4, 0.5) is 0 Å². The molecule has 0 amide bonds. The number of carbonyl (C=O) groups is 1. The Balaban J connectivity index is 2.16. The van der Waals surface area contributed by atoms with E-state index in [1.807, 2.05) is 6.07 Å². The Morgan fingerprint density at radius 3 is 2.17 bits per heavy atom. The third-order valence-electron chi connectivity index (χ3n) is 4.00. The number of hydrogen-bond donors (Lipinski definition) is 0. The fourth-order valence-corrected chi connectivity index (χ4v) is 2.93. The first-order valence-corrected chi connectivity index (χ1v) is 9.21. The van der Waals surface area contributed by atoms with Gasteiger partial charge in [-0.15, -0.1) is 0 Å². The fraction of sp³-hybridized carbons (Fsp3) is 0.333. The van der Waals surface area contributed by atoms with Gasteiger partial charge in [0.25, 0.3) is 0 Å². The van der Waals surface area contributed by atoms with Crippen molar-refractivity contribution in [2.24, 2.45) is 0 Å². The summed E-state index contributed by atoms with van der Waals surface area (Å²) in [5.74, 6) is 1.34. The Hall–Kier alpha value is -3.11. The lowest BCUT2D eigenvalue weighted by atomic mass is 10.1. The van der Waals surface area contributed by atoms with Crippen molar-refractivity contribution in [3.8, 4) is 34.8 Å². The van der Waals surface area contributed by atoms with E-state index >= 15 is 0 Å². The molecule has 0 bridgehead atoms. The standard InChI is InChI=1S/C21H22ClNO6/c1-5-28-18-11-14(12-23)8-15(22)20(18)29-19(24)7-6-13-9-16(25-2)21(27-4)17(10-13)26-3/h8-11H,5-7H2,1-4H3. The topological polar surface area (TPSA) is 87.0 Å². The van der Waals surface area contributed by atoms with Crippen LogP contribution in [0.25, 0.3) is 0 Å². The summed E-state index contributed by atoms with van der Waals surface area (Å²) in [7, 11) is 4.57. The Morgan fingerprint density at radius 2 is 1.66 bits per heavy atom. The quantitative estimate of drug-likeness (QED) is 0.445. The molecule has 2 rings (SSSR count). The van der Waals surface area contributed by atoms with Crippen LogP contribution in [0.15, 0.2) is 24.3 Å². The van der Waals surface area contributed by atoms with Crippen LogP contribution in [-0.4, -0.2) is 33.9 Å². The lowest BCUT2D eigenvalue weighted by Gasteiger charge is -2.14. The van der Waals surface area contributed by atoms with Gasteiger partial charge in [-0.25, -0.2) is 0 Å². The second kappa shape index (κ2) is 10.4. The average molecular weight is 420 g/mol. The summed E-state index contributed by atoms with van der Waals surface area (Å²) in [6, 6.07) is 8.44. The van der Waals surface area contributed by atoms with E-state index in [4.69, 9.17) is 40.5 Å². The number of halogens is 1. The number of benzene rings is 2. The molecule has 0 aliphatic rings. The third-order valence-corrected chi connectivity index (χ3v) is 4.28. The van der Waals surface area contributed by atoms with Crippen molar-refractivity contribution in [1.29, 1.82) is 5.26 Å². The van der Waals surface area contributed by atoms with Gasteiger partial charge in [0.15, 0.2) is 23.0 Å². The van der Waals surface area contributed by atoms with Gasteiger partial charge in [-0.05, 0) is 37.1 Å². The van der Waals surface area contributed by atoms with Crippen LogP contribution < -0.4 is 23.7 Å². The zero-order valence-electron chi connectivity index (χ0n) is 16.7. The van der Waals surface area contributed by atoms with Crippen molar-refractivity contribution in [1.82, 2.24) is 0 Å². The zero-order chi connectivity index (χ0) is 21.4. The minimum absolute atomic E-state index is 0.0839. The molecule has 0 aliphatic heterocycles. The molecule has 0 aromatic heterocycles. The number of ether oxygens (including phenoxy) is 5. The first-order chi connectivity index (χ1) is 14.0.